The van der Waals surface area contributed by atoms with Crippen LogP contribution in [0, 0.1) is 5.92 Å². The Morgan fingerprint density at radius 3 is 2.52 bits per heavy atom. The molecule has 3 heteroatoms. The molecule has 2 aliphatic rings. The smallest absolute Gasteiger partial charge is 0.258 e. The van der Waals surface area contributed by atoms with Gasteiger partial charge in [0.15, 0.2) is 0 Å². The van der Waals surface area contributed by atoms with Gasteiger partial charge in [-0.3, -0.25) is 9.59 Å². The normalized spacial score (nSPS) is 22.6. The molecule has 25 heavy (non-hydrogen) atoms. The largest absolute Gasteiger partial charge is 0.307 e. The van der Waals surface area contributed by atoms with Gasteiger partial charge in [-0.15, -0.1) is 0 Å². The topological polar surface area (TPSA) is 37.4 Å². The SMILES string of the molecule is O=C1CCCCC1C1c2ccccc2C=CN1C(=O)c1ccccc1. The molecule has 1 saturated carbocycles. The van der Waals surface area contributed by atoms with Gasteiger partial charge in [-0.1, -0.05) is 48.9 Å². The molecule has 0 aromatic heterocycles. The summed E-state index contributed by atoms with van der Waals surface area (Å²) in [7, 11) is 0. The minimum Gasteiger partial charge on any atom is -0.307 e. The Labute approximate surface area is 148 Å². The van der Waals surface area contributed by atoms with Crippen molar-refractivity contribution in [2.24, 2.45) is 5.92 Å². The third-order valence-electron chi connectivity index (χ3n) is 5.27. The van der Waals surface area contributed by atoms with Crippen molar-refractivity contribution in [2.75, 3.05) is 0 Å². The molecule has 4 rings (SSSR count). The van der Waals surface area contributed by atoms with Crippen LogP contribution in [0.3, 0.4) is 0 Å². The van der Waals surface area contributed by atoms with Crippen LogP contribution >= 0.6 is 0 Å². The Balaban J connectivity index is 1.77. The zero-order valence-corrected chi connectivity index (χ0v) is 14.1. The van der Waals surface area contributed by atoms with Gasteiger partial charge in [-0.05, 0) is 42.2 Å². The van der Waals surface area contributed by atoms with Crippen LogP contribution in [0.4, 0.5) is 0 Å². The van der Waals surface area contributed by atoms with Crippen LogP contribution in [-0.2, 0) is 4.79 Å². The van der Waals surface area contributed by atoms with Gasteiger partial charge in [-0.2, -0.15) is 0 Å². The molecule has 2 aromatic rings. The number of benzene rings is 2. The summed E-state index contributed by atoms with van der Waals surface area (Å²) in [6.45, 7) is 0. The molecule has 1 amide bonds. The molecular formula is C22H21NO2. The maximum atomic E-state index is 13.1. The van der Waals surface area contributed by atoms with Crippen molar-refractivity contribution in [1.29, 1.82) is 0 Å². The van der Waals surface area contributed by atoms with E-state index >= 15 is 0 Å². The van der Waals surface area contributed by atoms with Crippen molar-refractivity contribution in [2.45, 2.75) is 31.7 Å². The molecular weight excluding hydrogens is 310 g/mol. The average Bonchev–Trinajstić information content (AvgIpc) is 2.68. The lowest BCUT2D eigenvalue weighted by Crippen LogP contribution is -2.40. The lowest BCUT2D eigenvalue weighted by Gasteiger charge is -2.39. The molecule has 1 fully saturated rings. The molecule has 0 saturated heterocycles. The van der Waals surface area contributed by atoms with E-state index < -0.39 is 0 Å². The summed E-state index contributed by atoms with van der Waals surface area (Å²) in [6.07, 6.45) is 7.31. The molecule has 2 unspecified atom stereocenters. The van der Waals surface area contributed by atoms with Gasteiger partial charge in [0.1, 0.15) is 5.78 Å². The van der Waals surface area contributed by atoms with Crippen LogP contribution in [-0.4, -0.2) is 16.6 Å². The first-order valence-corrected chi connectivity index (χ1v) is 8.93. The Hall–Kier alpha value is -2.68. The van der Waals surface area contributed by atoms with Crippen LogP contribution < -0.4 is 0 Å². The van der Waals surface area contributed by atoms with Crippen molar-refractivity contribution < 1.29 is 9.59 Å². The van der Waals surface area contributed by atoms with Gasteiger partial charge >= 0.3 is 0 Å². The first-order valence-electron chi connectivity index (χ1n) is 8.93. The lowest BCUT2D eigenvalue weighted by molar-refractivity contribution is -0.126. The van der Waals surface area contributed by atoms with Gasteiger partial charge in [-0.25, -0.2) is 0 Å². The van der Waals surface area contributed by atoms with E-state index in [0.29, 0.717) is 12.0 Å². The zero-order valence-electron chi connectivity index (χ0n) is 14.1. The minimum absolute atomic E-state index is 0.0465. The number of hydrogen-bond acceptors (Lipinski definition) is 2. The molecule has 1 heterocycles. The fourth-order valence-electron chi connectivity index (χ4n) is 4.01. The second-order valence-electron chi connectivity index (χ2n) is 6.79. The summed E-state index contributed by atoms with van der Waals surface area (Å²) in [6, 6.07) is 17.2. The highest BCUT2D eigenvalue weighted by atomic mass is 16.2. The van der Waals surface area contributed by atoms with Crippen molar-refractivity contribution in [3.8, 4) is 0 Å². The summed E-state index contributed by atoms with van der Waals surface area (Å²) >= 11 is 0. The van der Waals surface area contributed by atoms with Crippen molar-refractivity contribution in [3.05, 3.63) is 77.5 Å². The van der Waals surface area contributed by atoms with E-state index in [9.17, 15) is 9.59 Å². The number of carbonyl (C=O) groups is 2. The number of nitrogens with zero attached hydrogens (tertiary/aromatic N) is 1. The van der Waals surface area contributed by atoms with E-state index in [4.69, 9.17) is 0 Å². The fraction of sp³-hybridized carbons (Fsp3) is 0.273. The zero-order chi connectivity index (χ0) is 17.2. The Morgan fingerprint density at radius 2 is 1.72 bits per heavy atom. The van der Waals surface area contributed by atoms with Crippen molar-refractivity contribution in [1.82, 2.24) is 4.90 Å². The maximum absolute atomic E-state index is 13.1. The molecule has 1 aliphatic heterocycles. The number of rotatable bonds is 2. The third-order valence-corrected chi connectivity index (χ3v) is 5.27. The first kappa shape index (κ1) is 15.8. The number of ketones is 1. The quantitative estimate of drug-likeness (QED) is 0.805. The standard InChI is InChI=1S/C22H21NO2/c24-20-13-7-6-12-19(20)21-18-11-5-4-8-16(18)14-15-23(21)22(25)17-9-2-1-3-10-17/h1-5,8-11,14-15,19,21H,6-7,12-13H2. The van der Waals surface area contributed by atoms with Gasteiger partial charge in [0.05, 0.1) is 6.04 Å². The minimum atomic E-state index is -0.207. The van der Waals surface area contributed by atoms with Gasteiger partial charge in [0, 0.05) is 24.1 Å². The average molecular weight is 331 g/mol. The van der Waals surface area contributed by atoms with E-state index in [-0.39, 0.29) is 23.7 Å². The van der Waals surface area contributed by atoms with Crippen LogP contribution in [0.25, 0.3) is 6.08 Å². The van der Waals surface area contributed by atoms with Gasteiger partial charge in [0.2, 0.25) is 0 Å². The Bertz CT molecular complexity index is 825. The van der Waals surface area contributed by atoms with E-state index in [0.717, 1.165) is 30.4 Å². The summed E-state index contributed by atoms with van der Waals surface area (Å²) in [5.74, 6) is 0.120. The number of amides is 1. The molecule has 0 radical (unpaired) electrons. The molecule has 2 atom stereocenters. The summed E-state index contributed by atoms with van der Waals surface area (Å²) in [5, 5.41) is 0. The fourth-order valence-corrected chi connectivity index (χ4v) is 4.01. The predicted molar refractivity (Wildman–Crippen MR) is 97.8 cm³/mol. The highest BCUT2D eigenvalue weighted by Gasteiger charge is 2.39. The Morgan fingerprint density at radius 1 is 0.960 bits per heavy atom. The Kier molecular flexibility index (Phi) is 4.22. The molecule has 126 valence electrons. The highest BCUT2D eigenvalue weighted by molar-refractivity contribution is 5.96. The van der Waals surface area contributed by atoms with E-state index in [1.54, 1.807) is 4.90 Å². The predicted octanol–water partition coefficient (Wildman–Crippen LogP) is 4.61. The molecule has 3 nitrogen and oxygen atoms in total. The van der Waals surface area contributed by atoms with Gasteiger partial charge < -0.3 is 4.90 Å². The maximum Gasteiger partial charge on any atom is 0.258 e. The molecule has 2 aromatic carbocycles. The van der Waals surface area contributed by atoms with Gasteiger partial charge in [0.25, 0.3) is 5.91 Å². The van der Waals surface area contributed by atoms with Crippen molar-refractivity contribution >= 4 is 17.8 Å². The molecule has 1 aliphatic carbocycles. The summed E-state index contributed by atoms with van der Waals surface area (Å²) in [4.78, 5) is 27.5. The van der Waals surface area contributed by atoms with E-state index in [1.807, 2.05) is 54.7 Å². The number of fused-ring (bicyclic) bond motifs is 1. The second kappa shape index (κ2) is 6.67. The second-order valence-corrected chi connectivity index (χ2v) is 6.79. The molecule has 0 N–H and O–H groups in total. The lowest BCUT2D eigenvalue weighted by atomic mass is 9.77. The summed E-state index contributed by atoms with van der Waals surface area (Å²) < 4.78 is 0. The number of hydrogen-bond donors (Lipinski definition) is 0. The van der Waals surface area contributed by atoms with Crippen LogP contribution in [0.15, 0.2) is 60.8 Å². The van der Waals surface area contributed by atoms with Crippen molar-refractivity contribution in [3.63, 3.8) is 0 Å². The van der Waals surface area contributed by atoms with E-state index in [1.165, 1.54) is 0 Å². The van der Waals surface area contributed by atoms with E-state index in [2.05, 4.69) is 12.1 Å². The van der Waals surface area contributed by atoms with Crippen LogP contribution in [0.1, 0.15) is 53.2 Å². The molecule has 0 spiro atoms. The summed E-state index contributed by atoms with van der Waals surface area (Å²) in [5.41, 5.74) is 2.83. The molecule has 0 bridgehead atoms. The first-order chi connectivity index (χ1) is 12.3. The monoisotopic (exact) mass is 331 g/mol. The number of carbonyl (C=O) groups excluding carboxylic acids is 2. The number of Topliss-reactive ketones (excluding diaryl/α,β-unsaturated/α-hetero) is 1. The third kappa shape index (κ3) is 2.91. The highest BCUT2D eigenvalue weighted by Crippen LogP contribution is 2.41. The van der Waals surface area contributed by atoms with Crippen LogP contribution in [0.2, 0.25) is 0 Å². The van der Waals surface area contributed by atoms with Crippen LogP contribution in [0.5, 0.6) is 0 Å².